The van der Waals surface area contributed by atoms with Crippen LogP contribution < -0.4 is 10.1 Å². The van der Waals surface area contributed by atoms with E-state index in [0.717, 1.165) is 35.0 Å². The molecule has 158 valence electrons. The minimum absolute atomic E-state index is 0.234. The number of thioether (sulfide) groups is 1. The van der Waals surface area contributed by atoms with Crippen molar-refractivity contribution in [2.75, 3.05) is 18.2 Å². The van der Waals surface area contributed by atoms with Crippen molar-refractivity contribution in [3.63, 3.8) is 0 Å². The summed E-state index contributed by atoms with van der Waals surface area (Å²) in [6, 6.07) is 15.3. The summed E-state index contributed by atoms with van der Waals surface area (Å²) in [7, 11) is 1.39. The number of anilines is 1. The quantitative estimate of drug-likeness (QED) is 0.413. The fourth-order valence-electron chi connectivity index (χ4n) is 3.04. The van der Waals surface area contributed by atoms with Gasteiger partial charge >= 0.3 is 5.97 Å². The molecule has 1 aromatic carbocycles. The van der Waals surface area contributed by atoms with Crippen LogP contribution in [0.4, 0.5) is 11.5 Å². The van der Waals surface area contributed by atoms with Crippen LogP contribution in [-0.4, -0.2) is 34.6 Å². The molecular weight excluding hydrogens is 412 g/mol. The lowest BCUT2D eigenvalue weighted by Crippen LogP contribution is -2.20. The number of esters is 1. The van der Waals surface area contributed by atoms with Crippen LogP contribution in [0.3, 0.4) is 0 Å². The third-order valence-electron chi connectivity index (χ3n) is 4.59. The van der Waals surface area contributed by atoms with E-state index in [1.165, 1.54) is 18.9 Å². The van der Waals surface area contributed by atoms with Crippen molar-refractivity contribution in [2.24, 2.45) is 4.99 Å². The van der Waals surface area contributed by atoms with E-state index in [1.54, 1.807) is 12.4 Å². The Balaban J connectivity index is 1.57. The van der Waals surface area contributed by atoms with Crippen LogP contribution in [0.5, 0.6) is 11.5 Å². The lowest BCUT2D eigenvalue weighted by atomic mass is 10.1. The number of ether oxygens (including phenoxy) is 2. The zero-order valence-electron chi connectivity index (χ0n) is 17.1. The Morgan fingerprint density at radius 3 is 2.87 bits per heavy atom. The molecule has 31 heavy (non-hydrogen) atoms. The summed E-state index contributed by atoms with van der Waals surface area (Å²) < 4.78 is 10.8. The first kappa shape index (κ1) is 20.9. The molecule has 2 aromatic heterocycles. The zero-order valence-corrected chi connectivity index (χ0v) is 17.9. The van der Waals surface area contributed by atoms with E-state index in [2.05, 4.69) is 15.3 Å². The summed E-state index contributed by atoms with van der Waals surface area (Å²) in [5.41, 5.74) is 2.00. The highest BCUT2D eigenvalue weighted by molar-refractivity contribution is 7.99. The van der Waals surface area contributed by atoms with Crippen molar-refractivity contribution in [1.82, 2.24) is 9.97 Å². The maximum Gasteiger partial charge on any atom is 0.306 e. The zero-order chi connectivity index (χ0) is 21.5. The number of carbonyl (C=O) groups is 1. The van der Waals surface area contributed by atoms with E-state index in [1.807, 2.05) is 48.5 Å². The highest BCUT2D eigenvalue weighted by atomic mass is 32.2. The fourth-order valence-corrected chi connectivity index (χ4v) is 3.87. The van der Waals surface area contributed by atoms with Crippen LogP contribution in [0.2, 0.25) is 0 Å². The van der Waals surface area contributed by atoms with Gasteiger partial charge in [0.2, 0.25) is 0 Å². The third kappa shape index (κ3) is 5.61. The second kappa shape index (κ2) is 10.1. The van der Waals surface area contributed by atoms with Gasteiger partial charge in [-0.1, -0.05) is 18.2 Å². The maximum atomic E-state index is 11.4. The minimum atomic E-state index is -0.234. The number of aryl methyl sites for hydroxylation is 1. The number of hydrogen-bond acceptors (Lipinski definition) is 7. The molecule has 0 amide bonds. The second-order valence-corrected chi connectivity index (χ2v) is 7.93. The topological polar surface area (TPSA) is 85.7 Å². The Labute approximate surface area is 184 Å². The van der Waals surface area contributed by atoms with Gasteiger partial charge in [0, 0.05) is 29.5 Å². The Morgan fingerprint density at radius 2 is 2.03 bits per heavy atom. The Bertz CT molecular complexity index is 1090. The number of fused-ring (bicyclic) bond motifs is 1. The number of aromatic nitrogens is 2. The normalized spacial score (nSPS) is 13.9. The summed E-state index contributed by atoms with van der Waals surface area (Å²) in [5, 5.41) is 3.34. The van der Waals surface area contributed by atoms with Gasteiger partial charge in [0.05, 0.1) is 24.9 Å². The molecule has 3 aromatic rings. The van der Waals surface area contributed by atoms with E-state index in [0.29, 0.717) is 29.5 Å². The van der Waals surface area contributed by atoms with Gasteiger partial charge in [-0.15, -0.1) is 11.8 Å². The second-order valence-electron chi connectivity index (χ2n) is 6.76. The van der Waals surface area contributed by atoms with Crippen molar-refractivity contribution in [2.45, 2.75) is 24.2 Å². The van der Waals surface area contributed by atoms with Gasteiger partial charge in [-0.05, 0) is 36.8 Å². The number of para-hydroxylation sites is 1. The lowest BCUT2D eigenvalue weighted by molar-refractivity contribution is -0.140. The van der Waals surface area contributed by atoms with Crippen molar-refractivity contribution >= 4 is 35.1 Å². The molecule has 8 heteroatoms. The van der Waals surface area contributed by atoms with Crippen molar-refractivity contribution < 1.29 is 14.3 Å². The fraction of sp³-hybridized carbons (Fsp3) is 0.217. The Hall–Kier alpha value is -3.39. The van der Waals surface area contributed by atoms with E-state index < -0.39 is 0 Å². The summed E-state index contributed by atoms with van der Waals surface area (Å²) in [6.45, 7) is 0. The number of amidine groups is 1. The minimum Gasteiger partial charge on any atom is -0.469 e. The molecule has 3 heterocycles. The van der Waals surface area contributed by atoms with Gasteiger partial charge in [-0.2, -0.15) is 0 Å². The maximum absolute atomic E-state index is 11.4. The number of aliphatic imine (C=N–C) groups is 1. The molecule has 4 rings (SSSR count). The summed E-state index contributed by atoms with van der Waals surface area (Å²) in [5.74, 6) is 2.93. The molecule has 0 atom stereocenters. The predicted octanol–water partition coefficient (Wildman–Crippen LogP) is 5.01. The number of rotatable bonds is 7. The number of nitrogens with zero attached hydrogens (tertiary/aromatic N) is 3. The van der Waals surface area contributed by atoms with Crippen molar-refractivity contribution in [3.05, 3.63) is 66.6 Å². The molecule has 0 unspecified atom stereocenters. The molecule has 0 saturated heterocycles. The number of benzene rings is 1. The summed E-state index contributed by atoms with van der Waals surface area (Å²) in [4.78, 5) is 25.9. The first-order valence-corrected chi connectivity index (χ1v) is 10.9. The van der Waals surface area contributed by atoms with Gasteiger partial charge in [0.15, 0.2) is 11.6 Å². The Kier molecular flexibility index (Phi) is 6.78. The predicted molar refractivity (Wildman–Crippen MR) is 121 cm³/mol. The molecule has 1 aliphatic heterocycles. The number of nitrogens with one attached hydrogen (secondary N) is 1. The Morgan fingerprint density at radius 1 is 1.16 bits per heavy atom. The summed E-state index contributed by atoms with van der Waals surface area (Å²) >= 11 is 1.52. The molecular formula is C23H22N4O3S. The van der Waals surface area contributed by atoms with E-state index >= 15 is 0 Å². The molecule has 0 fully saturated rings. The van der Waals surface area contributed by atoms with Crippen molar-refractivity contribution in [3.8, 4) is 11.5 Å². The lowest BCUT2D eigenvalue weighted by Gasteiger charge is -2.19. The molecule has 0 radical (unpaired) electrons. The van der Waals surface area contributed by atoms with Crippen LogP contribution in [0.15, 0.2) is 70.8 Å². The number of hydrogen-bond donors (Lipinski definition) is 1. The van der Waals surface area contributed by atoms with E-state index in [-0.39, 0.29) is 5.97 Å². The number of pyridine rings is 2. The van der Waals surface area contributed by atoms with Crippen LogP contribution in [-0.2, 0) is 16.0 Å². The van der Waals surface area contributed by atoms with Gasteiger partial charge in [-0.25, -0.2) is 9.98 Å². The van der Waals surface area contributed by atoms with E-state index in [4.69, 9.17) is 14.5 Å². The molecule has 1 N–H and O–H groups in total. The molecule has 7 nitrogen and oxygen atoms in total. The molecule has 0 spiro atoms. The highest BCUT2D eigenvalue weighted by Gasteiger charge is 2.16. The van der Waals surface area contributed by atoms with Gasteiger partial charge in [0.25, 0.3) is 0 Å². The first-order valence-electron chi connectivity index (χ1n) is 9.92. The molecule has 1 aliphatic rings. The average Bonchev–Trinajstić information content (AvgIpc) is 2.81. The molecule has 0 saturated carbocycles. The third-order valence-corrected chi connectivity index (χ3v) is 5.55. The largest absolute Gasteiger partial charge is 0.469 e. The van der Waals surface area contributed by atoms with Crippen LogP contribution >= 0.6 is 11.8 Å². The average molecular weight is 435 g/mol. The molecule has 0 bridgehead atoms. The molecule has 0 aliphatic carbocycles. The first-order chi connectivity index (χ1) is 15.2. The van der Waals surface area contributed by atoms with Gasteiger partial charge < -0.3 is 14.8 Å². The summed E-state index contributed by atoms with van der Waals surface area (Å²) in [6.07, 6.45) is 5.44. The highest BCUT2D eigenvalue weighted by Crippen LogP contribution is 2.34. The van der Waals surface area contributed by atoms with Crippen LogP contribution in [0.1, 0.15) is 18.5 Å². The van der Waals surface area contributed by atoms with E-state index in [9.17, 15) is 4.79 Å². The number of carbonyl (C=O) groups excluding carboxylic acids is 1. The van der Waals surface area contributed by atoms with Gasteiger partial charge in [-0.3, -0.25) is 9.78 Å². The SMILES string of the molecule is COC(=O)CCSc1cnc(N=C2CCc3ncccc3N2)c(Oc2ccccc2)c1. The monoisotopic (exact) mass is 434 g/mol. The van der Waals surface area contributed by atoms with Crippen molar-refractivity contribution in [1.29, 1.82) is 0 Å². The van der Waals surface area contributed by atoms with Gasteiger partial charge in [0.1, 0.15) is 11.6 Å². The number of methoxy groups -OCH3 is 1. The van der Waals surface area contributed by atoms with Crippen LogP contribution in [0, 0.1) is 0 Å². The van der Waals surface area contributed by atoms with Crippen LogP contribution in [0.25, 0.3) is 0 Å². The smallest absolute Gasteiger partial charge is 0.306 e. The standard InChI is InChI=1S/C23H22N4O3S/c1-29-22(28)11-13-31-17-14-20(30-16-6-3-2-4-7-16)23(25-15-17)27-21-10-9-18-19(26-21)8-5-12-24-18/h2-8,12,14-15H,9-11,13H2,1H3,(H,25,26,27).